The second kappa shape index (κ2) is 7.53. The predicted octanol–water partition coefficient (Wildman–Crippen LogP) is 3.41. The SMILES string of the molecule is CC(C)C1CCN(CCCOc2ccc(N)cc2)CC1. The van der Waals surface area contributed by atoms with E-state index in [-0.39, 0.29) is 0 Å². The van der Waals surface area contributed by atoms with E-state index in [1.807, 2.05) is 24.3 Å². The van der Waals surface area contributed by atoms with E-state index in [9.17, 15) is 0 Å². The molecule has 1 aliphatic rings. The van der Waals surface area contributed by atoms with Crippen molar-refractivity contribution >= 4 is 5.69 Å². The van der Waals surface area contributed by atoms with Crippen molar-refractivity contribution in [1.29, 1.82) is 0 Å². The molecule has 0 aliphatic carbocycles. The number of benzene rings is 1. The van der Waals surface area contributed by atoms with E-state index in [4.69, 9.17) is 10.5 Å². The maximum atomic E-state index is 5.73. The average Bonchev–Trinajstić information content (AvgIpc) is 2.46. The number of nitrogen functional groups attached to an aromatic ring is 1. The molecule has 3 nitrogen and oxygen atoms in total. The van der Waals surface area contributed by atoms with Crippen LogP contribution in [0.2, 0.25) is 0 Å². The van der Waals surface area contributed by atoms with Gasteiger partial charge in [0.25, 0.3) is 0 Å². The molecule has 0 saturated carbocycles. The standard InChI is InChI=1S/C17H28N2O/c1-14(2)15-8-11-19(12-9-15)10-3-13-20-17-6-4-16(18)5-7-17/h4-7,14-15H,3,8-13,18H2,1-2H3. The molecule has 0 radical (unpaired) electrons. The molecule has 1 aromatic rings. The first-order valence-corrected chi connectivity index (χ1v) is 7.86. The molecule has 0 spiro atoms. The van der Waals surface area contributed by atoms with Crippen LogP contribution in [-0.2, 0) is 0 Å². The van der Waals surface area contributed by atoms with Gasteiger partial charge in [0.15, 0.2) is 0 Å². The minimum absolute atomic E-state index is 0.783. The fourth-order valence-corrected chi connectivity index (χ4v) is 2.89. The number of hydrogen-bond donors (Lipinski definition) is 1. The van der Waals surface area contributed by atoms with Crippen LogP contribution in [-0.4, -0.2) is 31.1 Å². The number of hydrogen-bond acceptors (Lipinski definition) is 3. The van der Waals surface area contributed by atoms with Crippen molar-refractivity contribution in [3.05, 3.63) is 24.3 Å². The highest BCUT2D eigenvalue weighted by Gasteiger charge is 2.20. The van der Waals surface area contributed by atoms with Gasteiger partial charge in [0.1, 0.15) is 5.75 Å². The van der Waals surface area contributed by atoms with Crippen molar-refractivity contribution in [2.24, 2.45) is 11.8 Å². The third-order valence-corrected chi connectivity index (χ3v) is 4.34. The molecule has 1 aromatic carbocycles. The largest absolute Gasteiger partial charge is 0.494 e. The molecule has 2 N–H and O–H groups in total. The van der Waals surface area contributed by atoms with E-state index in [2.05, 4.69) is 18.7 Å². The molecule has 20 heavy (non-hydrogen) atoms. The zero-order valence-electron chi connectivity index (χ0n) is 12.8. The Labute approximate surface area is 123 Å². The van der Waals surface area contributed by atoms with Gasteiger partial charge in [-0.2, -0.15) is 0 Å². The Morgan fingerprint density at radius 2 is 1.85 bits per heavy atom. The molecular formula is C17H28N2O. The number of piperidine rings is 1. The van der Waals surface area contributed by atoms with Crippen LogP contribution in [0.3, 0.4) is 0 Å². The number of nitrogens with two attached hydrogens (primary N) is 1. The van der Waals surface area contributed by atoms with Gasteiger partial charge >= 0.3 is 0 Å². The summed E-state index contributed by atoms with van der Waals surface area (Å²) < 4.78 is 5.73. The quantitative estimate of drug-likeness (QED) is 0.639. The summed E-state index contributed by atoms with van der Waals surface area (Å²) >= 11 is 0. The van der Waals surface area contributed by atoms with Gasteiger partial charge in [0.05, 0.1) is 6.61 Å². The molecular weight excluding hydrogens is 248 g/mol. The smallest absolute Gasteiger partial charge is 0.119 e. The van der Waals surface area contributed by atoms with E-state index in [0.717, 1.165) is 42.8 Å². The van der Waals surface area contributed by atoms with Gasteiger partial charge in [0.2, 0.25) is 0 Å². The Morgan fingerprint density at radius 3 is 2.45 bits per heavy atom. The van der Waals surface area contributed by atoms with E-state index >= 15 is 0 Å². The first-order chi connectivity index (χ1) is 9.65. The summed E-state index contributed by atoms with van der Waals surface area (Å²) in [5.41, 5.74) is 6.43. The molecule has 1 fully saturated rings. The lowest BCUT2D eigenvalue weighted by molar-refractivity contribution is 0.149. The van der Waals surface area contributed by atoms with E-state index < -0.39 is 0 Å². The lowest BCUT2D eigenvalue weighted by Crippen LogP contribution is -2.36. The number of rotatable bonds is 6. The average molecular weight is 276 g/mol. The normalized spacial score (nSPS) is 17.6. The molecule has 0 amide bonds. The number of ether oxygens (including phenoxy) is 1. The molecule has 0 bridgehead atoms. The molecule has 112 valence electrons. The minimum atomic E-state index is 0.783. The number of anilines is 1. The van der Waals surface area contributed by atoms with Crippen molar-refractivity contribution in [3.8, 4) is 5.75 Å². The van der Waals surface area contributed by atoms with Crippen LogP contribution in [0, 0.1) is 11.8 Å². The van der Waals surface area contributed by atoms with Crippen LogP contribution in [0.5, 0.6) is 5.75 Å². The van der Waals surface area contributed by atoms with Gasteiger partial charge in [-0.1, -0.05) is 13.8 Å². The molecule has 3 heteroatoms. The van der Waals surface area contributed by atoms with Crippen LogP contribution in [0.15, 0.2) is 24.3 Å². The Morgan fingerprint density at radius 1 is 1.20 bits per heavy atom. The second-order valence-electron chi connectivity index (χ2n) is 6.19. The fourth-order valence-electron chi connectivity index (χ4n) is 2.89. The highest BCUT2D eigenvalue weighted by atomic mass is 16.5. The van der Waals surface area contributed by atoms with E-state index in [1.54, 1.807) is 0 Å². The first kappa shape index (κ1) is 15.2. The lowest BCUT2D eigenvalue weighted by Gasteiger charge is -2.33. The van der Waals surface area contributed by atoms with Crippen molar-refractivity contribution in [2.45, 2.75) is 33.1 Å². The Kier molecular flexibility index (Phi) is 5.72. The molecule has 1 aliphatic heterocycles. The molecule has 2 rings (SSSR count). The topological polar surface area (TPSA) is 38.5 Å². The van der Waals surface area contributed by atoms with Crippen LogP contribution in [0.1, 0.15) is 33.1 Å². The van der Waals surface area contributed by atoms with Crippen LogP contribution < -0.4 is 10.5 Å². The van der Waals surface area contributed by atoms with Gasteiger partial charge < -0.3 is 15.4 Å². The van der Waals surface area contributed by atoms with Crippen molar-refractivity contribution in [2.75, 3.05) is 32.0 Å². The number of likely N-dealkylation sites (tertiary alicyclic amines) is 1. The Bertz CT molecular complexity index is 380. The van der Waals surface area contributed by atoms with Crippen molar-refractivity contribution in [1.82, 2.24) is 4.90 Å². The van der Waals surface area contributed by atoms with Crippen LogP contribution in [0.25, 0.3) is 0 Å². The molecule has 0 aromatic heterocycles. The minimum Gasteiger partial charge on any atom is -0.494 e. The molecule has 1 heterocycles. The molecule has 1 saturated heterocycles. The van der Waals surface area contributed by atoms with Crippen LogP contribution in [0.4, 0.5) is 5.69 Å². The summed E-state index contributed by atoms with van der Waals surface area (Å²) in [4.78, 5) is 2.57. The summed E-state index contributed by atoms with van der Waals surface area (Å²) in [6.45, 7) is 9.14. The van der Waals surface area contributed by atoms with E-state index in [0.29, 0.717) is 0 Å². The number of nitrogens with zero attached hydrogens (tertiary/aromatic N) is 1. The highest BCUT2D eigenvalue weighted by Crippen LogP contribution is 2.24. The summed E-state index contributed by atoms with van der Waals surface area (Å²) in [6.07, 6.45) is 3.81. The van der Waals surface area contributed by atoms with Crippen molar-refractivity contribution < 1.29 is 4.74 Å². The summed E-state index contributed by atoms with van der Waals surface area (Å²) in [6, 6.07) is 7.63. The van der Waals surface area contributed by atoms with Gasteiger partial charge in [-0.3, -0.25) is 0 Å². The predicted molar refractivity (Wildman–Crippen MR) is 85.0 cm³/mol. The third kappa shape index (κ3) is 4.71. The maximum Gasteiger partial charge on any atom is 0.119 e. The first-order valence-electron chi connectivity index (χ1n) is 7.86. The second-order valence-corrected chi connectivity index (χ2v) is 6.19. The van der Waals surface area contributed by atoms with E-state index in [1.165, 1.54) is 25.9 Å². The van der Waals surface area contributed by atoms with Gasteiger partial charge in [-0.15, -0.1) is 0 Å². The highest BCUT2D eigenvalue weighted by molar-refractivity contribution is 5.41. The maximum absolute atomic E-state index is 5.73. The lowest BCUT2D eigenvalue weighted by atomic mass is 9.87. The van der Waals surface area contributed by atoms with Crippen molar-refractivity contribution in [3.63, 3.8) is 0 Å². The van der Waals surface area contributed by atoms with Crippen LogP contribution >= 0.6 is 0 Å². The molecule has 0 unspecified atom stereocenters. The summed E-state index contributed by atoms with van der Waals surface area (Å²) in [7, 11) is 0. The zero-order valence-corrected chi connectivity index (χ0v) is 12.8. The Balaban J connectivity index is 1.59. The van der Waals surface area contributed by atoms with Gasteiger partial charge in [0, 0.05) is 12.2 Å². The monoisotopic (exact) mass is 276 g/mol. The fraction of sp³-hybridized carbons (Fsp3) is 0.647. The summed E-state index contributed by atoms with van der Waals surface area (Å²) in [5.74, 6) is 2.68. The summed E-state index contributed by atoms with van der Waals surface area (Å²) in [5, 5.41) is 0. The zero-order chi connectivity index (χ0) is 14.4. The Hall–Kier alpha value is -1.22. The van der Waals surface area contributed by atoms with Gasteiger partial charge in [-0.05, 0) is 68.5 Å². The van der Waals surface area contributed by atoms with Gasteiger partial charge in [-0.25, -0.2) is 0 Å². The third-order valence-electron chi connectivity index (χ3n) is 4.34. The molecule has 0 atom stereocenters.